The molecule has 116 valence electrons. The lowest BCUT2D eigenvalue weighted by Crippen LogP contribution is -2.30. The molecule has 0 spiro atoms. The number of fused-ring (bicyclic) bond motifs is 1. The van der Waals surface area contributed by atoms with Gasteiger partial charge in [-0.25, -0.2) is 0 Å². The smallest absolute Gasteiger partial charge is 0.119 e. The van der Waals surface area contributed by atoms with E-state index in [1.807, 2.05) is 0 Å². The maximum absolute atomic E-state index is 5.81. The van der Waals surface area contributed by atoms with Crippen molar-refractivity contribution in [3.05, 3.63) is 29.3 Å². The number of rotatable bonds is 5. The van der Waals surface area contributed by atoms with Crippen LogP contribution in [0.25, 0.3) is 0 Å². The first kappa shape index (κ1) is 14.9. The van der Waals surface area contributed by atoms with Crippen LogP contribution in [0.2, 0.25) is 0 Å². The number of hydrogen-bond acceptors (Lipinski definition) is 3. The minimum atomic E-state index is 0.472. The molecule has 0 saturated carbocycles. The van der Waals surface area contributed by atoms with Gasteiger partial charge in [-0.15, -0.1) is 0 Å². The molecule has 1 aromatic carbocycles. The molecule has 2 aliphatic rings. The van der Waals surface area contributed by atoms with E-state index in [1.54, 1.807) is 7.11 Å². The first-order valence-corrected chi connectivity index (χ1v) is 8.38. The highest BCUT2D eigenvalue weighted by molar-refractivity contribution is 5.39. The Labute approximate surface area is 128 Å². The number of methoxy groups -OCH3 is 1. The van der Waals surface area contributed by atoms with E-state index in [0.717, 1.165) is 25.3 Å². The maximum Gasteiger partial charge on any atom is 0.119 e. The van der Waals surface area contributed by atoms with E-state index in [2.05, 4.69) is 23.5 Å². The Kier molecular flexibility index (Phi) is 5.15. The van der Waals surface area contributed by atoms with E-state index >= 15 is 0 Å². The van der Waals surface area contributed by atoms with Crippen molar-refractivity contribution in [3.8, 4) is 5.75 Å². The summed E-state index contributed by atoms with van der Waals surface area (Å²) < 4.78 is 11.2. The van der Waals surface area contributed by atoms with Gasteiger partial charge in [0.15, 0.2) is 0 Å². The minimum Gasteiger partial charge on any atom is -0.497 e. The largest absolute Gasteiger partial charge is 0.497 e. The van der Waals surface area contributed by atoms with E-state index in [-0.39, 0.29) is 0 Å². The van der Waals surface area contributed by atoms with Gasteiger partial charge in [0, 0.05) is 12.6 Å². The average molecular weight is 289 g/mol. The van der Waals surface area contributed by atoms with Crippen molar-refractivity contribution >= 4 is 0 Å². The van der Waals surface area contributed by atoms with Crippen molar-refractivity contribution in [2.75, 3.05) is 20.3 Å². The third-order valence-corrected chi connectivity index (χ3v) is 4.80. The summed E-state index contributed by atoms with van der Waals surface area (Å²) in [5.74, 6) is 0.970. The number of aryl methyl sites for hydroxylation is 1. The Morgan fingerprint density at radius 1 is 1.24 bits per heavy atom. The van der Waals surface area contributed by atoms with Crippen molar-refractivity contribution in [1.29, 1.82) is 0 Å². The monoisotopic (exact) mass is 289 g/mol. The van der Waals surface area contributed by atoms with Crippen LogP contribution in [-0.2, 0) is 11.2 Å². The van der Waals surface area contributed by atoms with Gasteiger partial charge in [-0.05, 0) is 74.8 Å². The van der Waals surface area contributed by atoms with Crippen LogP contribution in [0.15, 0.2) is 18.2 Å². The van der Waals surface area contributed by atoms with E-state index in [1.165, 1.54) is 49.7 Å². The summed E-state index contributed by atoms with van der Waals surface area (Å²) in [7, 11) is 1.74. The number of nitrogens with one attached hydrogen (secondary N) is 1. The van der Waals surface area contributed by atoms with Gasteiger partial charge in [0.1, 0.15) is 5.75 Å². The highest BCUT2D eigenvalue weighted by atomic mass is 16.5. The second-order valence-electron chi connectivity index (χ2n) is 6.24. The zero-order valence-corrected chi connectivity index (χ0v) is 13.1. The molecule has 1 fully saturated rings. The molecule has 21 heavy (non-hydrogen) atoms. The van der Waals surface area contributed by atoms with Crippen LogP contribution < -0.4 is 10.1 Å². The minimum absolute atomic E-state index is 0.472. The van der Waals surface area contributed by atoms with Gasteiger partial charge in [-0.1, -0.05) is 6.07 Å². The van der Waals surface area contributed by atoms with Gasteiger partial charge in [0.2, 0.25) is 0 Å². The zero-order valence-electron chi connectivity index (χ0n) is 13.1. The summed E-state index contributed by atoms with van der Waals surface area (Å²) in [5.41, 5.74) is 2.92. The molecular formula is C18H27NO2. The molecule has 0 amide bonds. The molecule has 0 radical (unpaired) electrons. The fourth-order valence-corrected chi connectivity index (χ4v) is 3.57. The van der Waals surface area contributed by atoms with Crippen LogP contribution in [0.1, 0.15) is 55.7 Å². The molecule has 1 aliphatic heterocycles. The molecule has 0 bridgehead atoms. The second kappa shape index (κ2) is 7.28. The quantitative estimate of drug-likeness (QED) is 0.898. The van der Waals surface area contributed by atoms with Crippen LogP contribution in [0, 0.1) is 0 Å². The maximum atomic E-state index is 5.81. The third-order valence-electron chi connectivity index (χ3n) is 4.80. The first-order valence-electron chi connectivity index (χ1n) is 8.38. The van der Waals surface area contributed by atoms with Crippen molar-refractivity contribution in [1.82, 2.24) is 5.32 Å². The Balaban J connectivity index is 1.56. The van der Waals surface area contributed by atoms with Gasteiger partial charge in [-0.2, -0.15) is 0 Å². The molecular weight excluding hydrogens is 262 g/mol. The molecule has 3 rings (SSSR count). The van der Waals surface area contributed by atoms with E-state index in [0.29, 0.717) is 12.1 Å². The average Bonchev–Trinajstić information content (AvgIpc) is 2.55. The van der Waals surface area contributed by atoms with Gasteiger partial charge in [0.05, 0.1) is 13.2 Å². The molecule has 2 atom stereocenters. The lowest BCUT2D eigenvalue weighted by atomic mass is 9.87. The molecule has 1 N–H and O–H groups in total. The SMILES string of the molecule is COc1ccc2c(c1)C(NCCC1CCCCO1)CCC2. The summed E-state index contributed by atoms with van der Waals surface area (Å²) in [6, 6.07) is 7.00. The van der Waals surface area contributed by atoms with Crippen LogP contribution in [0.5, 0.6) is 5.75 Å². The molecule has 3 nitrogen and oxygen atoms in total. The van der Waals surface area contributed by atoms with Crippen molar-refractivity contribution in [2.45, 2.75) is 57.1 Å². The molecule has 1 aliphatic carbocycles. The third kappa shape index (κ3) is 3.78. The lowest BCUT2D eigenvalue weighted by molar-refractivity contribution is 0.0111. The summed E-state index contributed by atoms with van der Waals surface area (Å²) in [6.07, 6.45) is 9.10. The van der Waals surface area contributed by atoms with Crippen molar-refractivity contribution in [2.24, 2.45) is 0 Å². The van der Waals surface area contributed by atoms with Crippen LogP contribution in [-0.4, -0.2) is 26.4 Å². The summed E-state index contributed by atoms with van der Waals surface area (Å²) in [5, 5.41) is 3.74. The first-order chi connectivity index (χ1) is 10.4. The highest BCUT2D eigenvalue weighted by Gasteiger charge is 2.21. The molecule has 1 heterocycles. The van der Waals surface area contributed by atoms with Gasteiger partial charge >= 0.3 is 0 Å². The topological polar surface area (TPSA) is 30.5 Å². The van der Waals surface area contributed by atoms with Gasteiger partial charge in [0.25, 0.3) is 0 Å². The second-order valence-corrected chi connectivity index (χ2v) is 6.24. The molecule has 0 aromatic heterocycles. The number of hydrogen-bond donors (Lipinski definition) is 1. The zero-order chi connectivity index (χ0) is 14.5. The Hall–Kier alpha value is -1.06. The Morgan fingerprint density at radius 3 is 3.00 bits per heavy atom. The molecule has 1 aromatic rings. The molecule has 1 saturated heterocycles. The van der Waals surface area contributed by atoms with E-state index in [4.69, 9.17) is 9.47 Å². The van der Waals surface area contributed by atoms with Gasteiger partial charge < -0.3 is 14.8 Å². The Bertz CT molecular complexity index is 455. The summed E-state index contributed by atoms with van der Waals surface area (Å²) >= 11 is 0. The predicted molar refractivity (Wildman–Crippen MR) is 84.9 cm³/mol. The fourth-order valence-electron chi connectivity index (χ4n) is 3.57. The predicted octanol–water partition coefficient (Wildman–Crippen LogP) is 3.62. The van der Waals surface area contributed by atoms with Crippen LogP contribution >= 0.6 is 0 Å². The van der Waals surface area contributed by atoms with E-state index in [9.17, 15) is 0 Å². The lowest BCUT2D eigenvalue weighted by Gasteiger charge is -2.28. The molecule has 2 unspecified atom stereocenters. The normalized spacial score (nSPS) is 25.4. The number of benzene rings is 1. The number of ether oxygens (including phenoxy) is 2. The van der Waals surface area contributed by atoms with Gasteiger partial charge in [-0.3, -0.25) is 0 Å². The summed E-state index contributed by atoms with van der Waals surface area (Å²) in [4.78, 5) is 0. The highest BCUT2D eigenvalue weighted by Crippen LogP contribution is 2.32. The van der Waals surface area contributed by atoms with Crippen molar-refractivity contribution < 1.29 is 9.47 Å². The van der Waals surface area contributed by atoms with E-state index < -0.39 is 0 Å². The van der Waals surface area contributed by atoms with Crippen LogP contribution in [0.4, 0.5) is 0 Å². The summed E-state index contributed by atoms with van der Waals surface area (Å²) in [6.45, 7) is 2.00. The van der Waals surface area contributed by atoms with Crippen molar-refractivity contribution in [3.63, 3.8) is 0 Å². The molecule has 3 heteroatoms. The standard InChI is InChI=1S/C18H27NO2/c1-20-16-9-8-14-5-4-7-18(17(14)13-16)19-11-10-15-6-2-3-12-21-15/h8-9,13,15,18-19H,2-7,10-12H2,1H3. The fraction of sp³-hybridized carbons (Fsp3) is 0.667. The Morgan fingerprint density at radius 2 is 2.19 bits per heavy atom. The van der Waals surface area contributed by atoms with Crippen LogP contribution in [0.3, 0.4) is 0 Å².